The van der Waals surface area contributed by atoms with E-state index in [0.29, 0.717) is 31.4 Å². The molecule has 118 valence electrons. The van der Waals surface area contributed by atoms with Gasteiger partial charge in [0.05, 0.1) is 17.6 Å². The zero-order valence-corrected chi connectivity index (χ0v) is 12.5. The van der Waals surface area contributed by atoms with Crippen LogP contribution in [0.15, 0.2) is 34.9 Å². The first-order valence-corrected chi connectivity index (χ1v) is 7.14. The van der Waals surface area contributed by atoms with Crippen molar-refractivity contribution in [1.82, 2.24) is 0 Å². The third kappa shape index (κ3) is 6.96. The molecular weight excluding hydrogens is 305 g/mol. The molecule has 21 heavy (non-hydrogen) atoms. The van der Waals surface area contributed by atoms with E-state index in [1.54, 1.807) is 12.2 Å². The number of rotatable bonds is 7. The fraction of sp³-hybridized carbons (Fsp3) is 0.533. The van der Waals surface area contributed by atoms with Gasteiger partial charge >= 0.3 is 6.18 Å². The van der Waals surface area contributed by atoms with Crippen LogP contribution in [0, 0.1) is 0 Å². The van der Waals surface area contributed by atoms with Crippen molar-refractivity contribution in [2.45, 2.75) is 44.9 Å². The van der Waals surface area contributed by atoms with Gasteiger partial charge in [0, 0.05) is 12.2 Å². The van der Waals surface area contributed by atoms with Gasteiger partial charge in [-0.25, -0.2) is 0 Å². The highest BCUT2D eigenvalue weighted by Crippen LogP contribution is 2.24. The molecule has 0 aromatic heterocycles. The van der Waals surface area contributed by atoms with Crippen LogP contribution < -0.4 is 0 Å². The van der Waals surface area contributed by atoms with Crippen molar-refractivity contribution < 1.29 is 22.7 Å². The van der Waals surface area contributed by atoms with Gasteiger partial charge in [-0.2, -0.15) is 13.2 Å². The minimum Gasteiger partial charge on any atom is -0.378 e. The number of hydrogen-bond donors (Lipinski definition) is 0. The number of hydrogen-bond acceptors (Lipinski definition) is 2. The monoisotopic (exact) mass is 322 g/mol. The summed E-state index contributed by atoms with van der Waals surface area (Å²) in [6, 6.07) is 0. The predicted octanol–water partition coefficient (Wildman–Crippen LogP) is 4.70. The van der Waals surface area contributed by atoms with E-state index in [0.717, 1.165) is 6.08 Å². The largest absolute Gasteiger partial charge is 0.392 e. The zero-order chi connectivity index (χ0) is 15.9. The topological polar surface area (TPSA) is 26.3 Å². The number of ether oxygens (including phenoxy) is 1. The lowest BCUT2D eigenvalue weighted by molar-refractivity contribution is -0.125. The standard InChI is InChI=1S/C15H18ClF3O2/c1-2-21-12(5-3-4-10-15(17,18)19)8-6-11-7-9-13(16)14(11)20/h3-4,6,9,12H,2,5,7-8,10H2,1H3/b4-3-,11-6+. The second-order valence-corrected chi connectivity index (χ2v) is 5.06. The van der Waals surface area contributed by atoms with Crippen LogP contribution in [0.4, 0.5) is 13.2 Å². The molecule has 0 aromatic rings. The molecule has 0 radical (unpaired) electrons. The third-order valence-electron chi connectivity index (χ3n) is 2.95. The molecule has 0 aromatic carbocycles. The summed E-state index contributed by atoms with van der Waals surface area (Å²) in [5.74, 6) is -0.181. The first kappa shape index (κ1) is 18.0. The Bertz CT molecular complexity index is 450. The molecule has 0 aliphatic heterocycles. The molecule has 0 saturated carbocycles. The SMILES string of the molecule is CCOC(C/C=C\CC(F)(F)F)C/C=C1\CC=C(Cl)C1=O. The Morgan fingerprint density at radius 2 is 2.10 bits per heavy atom. The normalized spacial score (nSPS) is 19.6. The molecule has 0 saturated heterocycles. The summed E-state index contributed by atoms with van der Waals surface area (Å²) in [4.78, 5) is 11.6. The lowest BCUT2D eigenvalue weighted by Crippen LogP contribution is -2.12. The van der Waals surface area contributed by atoms with Gasteiger partial charge in [-0.1, -0.05) is 35.9 Å². The maximum Gasteiger partial charge on any atom is 0.392 e. The molecule has 0 heterocycles. The minimum atomic E-state index is -4.18. The van der Waals surface area contributed by atoms with Crippen LogP contribution in [-0.4, -0.2) is 24.7 Å². The highest BCUT2D eigenvalue weighted by atomic mass is 35.5. The summed E-state index contributed by atoms with van der Waals surface area (Å²) in [5.41, 5.74) is 0.615. The Hall–Kier alpha value is -1.07. The lowest BCUT2D eigenvalue weighted by atomic mass is 10.1. The molecule has 1 aliphatic rings. The Morgan fingerprint density at radius 1 is 1.38 bits per heavy atom. The van der Waals surface area contributed by atoms with Crippen LogP contribution in [0.25, 0.3) is 0 Å². The van der Waals surface area contributed by atoms with Gasteiger partial charge in [0.1, 0.15) is 0 Å². The van der Waals surface area contributed by atoms with Gasteiger partial charge < -0.3 is 4.74 Å². The molecule has 0 amide bonds. The van der Waals surface area contributed by atoms with Crippen molar-refractivity contribution in [2.75, 3.05) is 6.61 Å². The molecule has 6 heteroatoms. The predicted molar refractivity (Wildman–Crippen MR) is 76.1 cm³/mol. The molecule has 0 N–H and O–H groups in total. The number of carbonyl (C=O) groups excluding carboxylic acids is 1. The van der Waals surface area contributed by atoms with Crippen LogP contribution in [0.2, 0.25) is 0 Å². The van der Waals surface area contributed by atoms with E-state index < -0.39 is 12.6 Å². The van der Waals surface area contributed by atoms with E-state index in [1.165, 1.54) is 6.08 Å². The van der Waals surface area contributed by atoms with E-state index >= 15 is 0 Å². The van der Waals surface area contributed by atoms with Crippen LogP contribution >= 0.6 is 11.6 Å². The number of carbonyl (C=O) groups is 1. The lowest BCUT2D eigenvalue weighted by Gasteiger charge is -2.13. The van der Waals surface area contributed by atoms with Crippen molar-refractivity contribution >= 4 is 17.4 Å². The van der Waals surface area contributed by atoms with Crippen LogP contribution in [0.1, 0.15) is 32.6 Å². The average molecular weight is 323 g/mol. The summed E-state index contributed by atoms with van der Waals surface area (Å²) in [6.45, 7) is 2.28. The third-order valence-corrected chi connectivity index (χ3v) is 3.28. The van der Waals surface area contributed by atoms with Gasteiger partial charge in [-0.05, 0) is 26.2 Å². The van der Waals surface area contributed by atoms with Crippen molar-refractivity contribution in [3.05, 3.63) is 34.9 Å². The van der Waals surface area contributed by atoms with Crippen molar-refractivity contribution in [3.63, 3.8) is 0 Å². The zero-order valence-electron chi connectivity index (χ0n) is 11.8. The van der Waals surface area contributed by atoms with Gasteiger partial charge in [0.15, 0.2) is 5.78 Å². The fourth-order valence-electron chi connectivity index (χ4n) is 1.92. The number of ketones is 1. The summed E-state index contributed by atoms with van der Waals surface area (Å²) in [5, 5.41) is 0.222. The second kappa shape index (κ2) is 8.39. The second-order valence-electron chi connectivity index (χ2n) is 4.65. The van der Waals surface area contributed by atoms with E-state index in [9.17, 15) is 18.0 Å². The van der Waals surface area contributed by atoms with Crippen molar-refractivity contribution in [3.8, 4) is 0 Å². The molecule has 1 unspecified atom stereocenters. The molecule has 2 nitrogen and oxygen atoms in total. The van der Waals surface area contributed by atoms with Crippen LogP contribution in [0.3, 0.4) is 0 Å². The number of allylic oxidation sites excluding steroid dienone is 4. The Kier molecular flexibility index (Phi) is 7.18. The molecule has 0 bridgehead atoms. The van der Waals surface area contributed by atoms with Crippen molar-refractivity contribution in [1.29, 1.82) is 0 Å². The maximum atomic E-state index is 12.0. The van der Waals surface area contributed by atoms with Gasteiger partial charge in [0.25, 0.3) is 0 Å². The molecular formula is C15H18ClF3O2. The molecule has 1 rings (SSSR count). The van der Waals surface area contributed by atoms with E-state index in [-0.39, 0.29) is 16.9 Å². The Morgan fingerprint density at radius 3 is 2.62 bits per heavy atom. The van der Waals surface area contributed by atoms with Gasteiger partial charge in [-0.15, -0.1) is 0 Å². The first-order valence-electron chi connectivity index (χ1n) is 6.76. The number of alkyl halides is 3. The minimum absolute atomic E-state index is 0.181. The highest BCUT2D eigenvalue weighted by molar-refractivity contribution is 6.46. The smallest absolute Gasteiger partial charge is 0.378 e. The first-order chi connectivity index (χ1) is 9.83. The molecule has 1 atom stereocenters. The number of halogens is 4. The fourth-order valence-corrected chi connectivity index (χ4v) is 2.12. The van der Waals surface area contributed by atoms with Crippen molar-refractivity contribution in [2.24, 2.45) is 0 Å². The Balaban J connectivity index is 2.47. The maximum absolute atomic E-state index is 12.0. The summed E-state index contributed by atoms with van der Waals surface area (Å²) in [7, 11) is 0. The van der Waals surface area contributed by atoms with E-state index in [2.05, 4.69) is 0 Å². The highest BCUT2D eigenvalue weighted by Gasteiger charge is 2.24. The molecule has 0 spiro atoms. The van der Waals surface area contributed by atoms with Crippen LogP contribution in [-0.2, 0) is 9.53 Å². The van der Waals surface area contributed by atoms with E-state index in [4.69, 9.17) is 16.3 Å². The summed E-state index contributed by atoms with van der Waals surface area (Å²) >= 11 is 5.70. The molecule has 1 aliphatic carbocycles. The summed E-state index contributed by atoms with van der Waals surface area (Å²) in [6.07, 6.45) is 1.96. The Labute approximate surface area is 127 Å². The van der Waals surface area contributed by atoms with Gasteiger partial charge in [-0.3, -0.25) is 4.79 Å². The van der Waals surface area contributed by atoms with E-state index in [1.807, 2.05) is 6.92 Å². The quantitative estimate of drug-likeness (QED) is 0.501. The van der Waals surface area contributed by atoms with Gasteiger partial charge in [0.2, 0.25) is 0 Å². The van der Waals surface area contributed by atoms with Crippen LogP contribution in [0.5, 0.6) is 0 Å². The summed E-state index contributed by atoms with van der Waals surface area (Å²) < 4.78 is 41.5. The average Bonchev–Trinajstić information content (AvgIpc) is 2.71. The number of Topliss-reactive ketones (excluding diaryl/α,β-unsaturated/α-hetero) is 1. The molecule has 0 fully saturated rings.